The summed E-state index contributed by atoms with van der Waals surface area (Å²) in [6.07, 6.45) is 0. The van der Waals surface area contributed by atoms with Crippen molar-refractivity contribution >= 4 is 15.9 Å². The van der Waals surface area contributed by atoms with Crippen LogP contribution in [-0.4, -0.2) is 21.4 Å². The number of carbonyl (C=O) groups is 1. The zero-order valence-electron chi connectivity index (χ0n) is 12.3. The van der Waals surface area contributed by atoms with Crippen LogP contribution in [0, 0.1) is 13.0 Å². The fourth-order valence-electron chi connectivity index (χ4n) is 1.48. The van der Waals surface area contributed by atoms with Crippen LogP contribution >= 0.6 is 0 Å². The standard InChI is InChI=1S/C8H10NO2S.C7H7NO.Y/c1-7-5-3-4-6-8(7)12(10,11)9-2;8-7(9)6-4-2-1-3-5-6;/h3,5-6,9H,1-2H3;1-5H,(H2,8,9);/q-1;;+3/p-1. The number of hydrogen-bond acceptors (Lipinski definition) is 3. The molecule has 2 N–H and O–H groups in total. The predicted molar refractivity (Wildman–Crippen MR) is 81.4 cm³/mol. The summed E-state index contributed by atoms with van der Waals surface area (Å²) < 4.78 is 24.8. The molecule has 112 valence electrons. The third-order valence-electron chi connectivity index (χ3n) is 2.63. The normalized spacial score (nSPS) is 9.91. The zero-order valence-corrected chi connectivity index (χ0v) is 16.0. The molecule has 22 heavy (non-hydrogen) atoms. The molecule has 0 aliphatic heterocycles. The van der Waals surface area contributed by atoms with Crippen molar-refractivity contribution in [3.05, 3.63) is 71.5 Å². The number of hydrogen-bond donors (Lipinski definition) is 1. The van der Waals surface area contributed by atoms with Crippen molar-refractivity contribution in [3.8, 4) is 0 Å². The van der Waals surface area contributed by atoms with Gasteiger partial charge >= 0.3 is 32.7 Å². The molecule has 0 spiro atoms. The molecule has 1 amide bonds. The van der Waals surface area contributed by atoms with Gasteiger partial charge in [0.15, 0.2) is 10.0 Å². The van der Waals surface area contributed by atoms with E-state index >= 15 is 0 Å². The monoisotopic (exact) mass is 393 g/mol. The Morgan fingerprint density at radius 2 is 1.77 bits per heavy atom. The number of amides is 1. The van der Waals surface area contributed by atoms with E-state index in [0.29, 0.717) is 5.56 Å². The van der Waals surface area contributed by atoms with Gasteiger partial charge in [0.2, 0.25) is 0 Å². The molecule has 0 aliphatic rings. The smallest absolute Gasteiger partial charge is 0.664 e. The average molecular weight is 393 g/mol. The van der Waals surface area contributed by atoms with Gasteiger partial charge in [-0.15, -0.1) is 5.56 Å². The maximum absolute atomic E-state index is 11.3. The van der Waals surface area contributed by atoms with Crippen molar-refractivity contribution in [1.29, 1.82) is 0 Å². The maximum atomic E-state index is 11.3. The molecular weight excluding hydrogens is 377 g/mol. The molecule has 2 aromatic rings. The first-order valence-corrected chi connectivity index (χ1v) is 7.58. The van der Waals surface area contributed by atoms with Crippen molar-refractivity contribution in [2.24, 2.45) is 0 Å². The van der Waals surface area contributed by atoms with Gasteiger partial charge in [-0.25, -0.2) is 13.1 Å². The van der Waals surface area contributed by atoms with Crippen molar-refractivity contribution in [3.63, 3.8) is 0 Å². The first kappa shape index (κ1) is 20.9. The van der Waals surface area contributed by atoms with Gasteiger partial charge in [0.25, 0.3) is 0 Å². The van der Waals surface area contributed by atoms with Gasteiger partial charge < -0.3 is 10.5 Å². The van der Waals surface area contributed by atoms with Gasteiger partial charge in [-0.05, 0) is 17.5 Å². The molecule has 0 aromatic heterocycles. The first-order valence-electron chi connectivity index (χ1n) is 6.09. The average Bonchev–Trinajstić information content (AvgIpc) is 2.49. The molecular formula is C15H16N2O3SY+. The van der Waals surface area contributed by atoms with Crippen LogP contribution < -0.4 is 4.72 Å². The number of benzene rings is 2. The fourth-order valence-corrected chi connectivity index (χ4v) is 2.42. The Morgan fingerprint density at radius 3 is 2.18 bits per heavy atom. The van der Waals surface area contributed by atoms with Crippen molar-refractivity contribution in [2.45, 2.75) is 11.8 Å². The molecule has 2 aromatic carbocycles. The van der Waals surface area contributed by atoms with Gasteiger partial charge in [-0.2, -0.15) is 24.3 Å². The summed E-state index contributed by atoms with van der Waals surface area (Å²) in [6, 6.07) is 16.1. The molecule has 0 radical (unpaired) electrons. The number of carbonyl (C=O) groups excluding carboxylic acids is 1. The summed E-state index contributed by atoms with van der Waals surface area (Å²) in [5.74, 6) is -0.629. The van der Waals surface area contributed by atoms with E-state index in [2.05, 4.69) is 10.8 Å². The third-order valence-corrected chi connectivity index (χ3v) is 4.18. The molecule has 0 saturated carbocycles. The summed E-state index contributed by atoms with van der Waals surface area (Å²) in [4.78, 5) is 10.6. The number of aryl methyl sites for hydroxylation is 1. The van der Waals surface area contributed by atoms with E-state index < -0.39 is 15.9 Å². The van der Waals surface area contributed by atoms with Crippen LogP contribution in [0.25, 0.3) is 5.73 Å². The second-order valence-electron chi connectivity index (χ2n) is 4.09. The molecule has 5 nitrogen and oxygen atoms in total. The Hall–Kier alpha value is -1.08. The van der Waals surface area contributed by atoms with E-state index in [4.69, 9.17) is 5.73 Å². The third kappa shape index (κ3) is 6.36. The van der Waals surface area contributed by atoms with Crippen LogP contribution in [-0.2, 0) is 42.7 Å². The van der Waals surface area contributed by atoms with Gasteiger partial charge in [0, 0.05) is 0 Å². The summed E-state index contributed by atoms with van der Waals surface area (Å²) in [6.45, 7) is 1.75. The zero-order chi connectivity index (χ0) is 15.9. The Kier molecular flexibility index (Phi) is 9.36. The van der Waals surface area contributed by atoms with E-state index in [9.17, 15) is 13.2 Å². The topological polar surface area (TPSA) is 87.0 Å². The van der Waals surface area contributed by atoms with E-state index in [1.54, 1.807) is 43.3 Å². The van der Waals surface area contributed by atoms with Crippen LogP contribution in [0.2, 0.25) is 0 Å². The second kappa shape index (κ2) is 9.84. The first-order chi connectivity index (χ1) is 9.88. The van der Waals surface area contributed by atoms with Crippen LogP contribution in [0.4, 0.5) is 0 Å². The number of rotatable bonds is 3. The summed E-state index contributed by atoms with van der Waals surface area (Å²) in [5, 5.41) is 0. The fraction of sp³-hybridized carbons (Fsp3) is 0.133. The van der Waals surface area contributed by atoms with Gasteiger partial charge in [0.05, 0.1) is 5.91 Å². The van der Waals surface area contributed by atoms with Crippen LogP contribution in [0.5, 0.6) is 0 Å². The Morgan fingerprint density at radius 1 is 1.18 bits per heavy atom. The van der Waals surface area contributed by atoms with Gasteiger partial charge in [-0.1, -0.05) is 37.3 Å². The molecule has 0 atom stereocenters. The quantitative estimate of drug-likeness (QED) is 0.814. The molecule has 0 heterocycles. The SMILES string of the molecule is CNS(=O)(=O)c1c[c-]ccc1C.[NH-]C(=O)c1ccccc1.[Y+3]. The number of sulfonamides is 1. The van der Waals surface area contributed by atoms with E-state index in [1.807, 2.05) is 6.07 Å². The predicted octanol–water partition coefficient (Wildman–Crippen LogP) is 2.58. The molecule has 0 fully saturated rings. The Bertz CT molecular complexity index is 704. The Labute approximate surface area is 156 Å². The van der Waals surface area contributed by atoms with Gasteiger partial charge in [-0.3, -0.25) is 0 Å². The summed E-state index contributed by atoms with van der Waals surface area (Å²) >= 11 is 0. The number of nitrogens with one attached hydrogen (secondary N) is 2. The summed E-state index contributed by atoms with van der Waals surface area (Å²) in [5.41, 5.74) is 7.85. The largest absolute Gasteiger partial charge is 3.00 e. The minimum absolute atomic E-state index is 0. The molecule has 0 aliphatic carbocycles. The minimum Gasteiger partial charge on any atom is -0.664 e. The molecule has 2 rings (SSSR count). The van der Waals surface area contributed by atoms with E-state index in [0.717, 1.165) is 5.56 Å². The van der Waals surface area contributed by atoms with Gasteiger partial charge in [0.1, 0.15) is 0 Å². The van der Waals surface area contributed by atoms with Crippen LogP contribution in [0.15, 0.2) is 53.4 Å². The maximum Gasteiger partial charge on any atom is 3.00 e. The minimum atomic E-state index is -3.31. The molecule has 0 saturated heterocycles. The van der Waals surface area contributed by atoms with Crippen molar-refractivity contribution in [2.75, 3.05) is 7.05 Å². The van der Waals surface area contributed by atoms with E-state index in [1.165, 1.54) is 13.1 Å². The van der Waals surface area contributed by atoms with Crippen LogP contribution in [0.3, 0.4) is 0 Å². The second-order valence-corrected chi connectivity index (χ2v) is 5.95. The van der Waals surface area contributed by atoms with Crippen molar-refractivity contribution in [1.82, 2.24) is 4.72 Å². The Balaban J connectivity index is 0.000000397. The molecule has 7 heteroatoms. The van der Waals surface area contributed by atoms with Crippen molar-refractivity contribution < 1.29 is 45.9 Å². The molecule has 0 unspecified atom stereocenters. The van der Waals surface area contributed by atoms with Crippen LogP contribution in [0.1, 0.15) is 15.9 Å². The van der Waals surface area contributed by atoms with E-state index in [-0.39, 0.29) is 37.6 Å². The molecule has 0 bridgehead atoms. The summed E-state index contributed by atoms with van der Waals surface area (Å²) in [7, 11) is -1.92.